The number of aromatic nitrogens is 3. The molecule has 194 valence electrons. The first-order chi connectivity index (χ1) is 16.6. The summed E-state index contributed by atoms with van der Waals surface area (Å²) in [6.45, 7) is 0.919. The minimum absolute atomic E-state index is 0. The fraction of sp³-hybridized carbons (Fsp3) is 0.318. The highest BCUT2D eigenvalue weighted by atomic mass is 35.5. The molecule has 1 aliphatic rings. The second-order valence-corrected chi connectivity index (χ2v) is 8.53. The molecule has 3 aromatic rings. The number of alkyl halides is 3. The monoisotopic (exact) mass is 546 g/mol. The summed E-state index contributed by atoms with van der Waals surface area (Å²) in [5.74, 6) is -3.75. The second-order valence-electron chi connectivity index (χ2n) is 7.50. The van der Waals surface area contributed by atoms with Crippen LogP contribution in [0, 0.1) is 0 Å². The number of rotatable bonds is 7. The molecule has 0 aliphatic heterocycles. The zero-order valence-corrected chi connectivity index (χ0v) is 20.3. The number of carbonyl (C=O) groups excluding carboxylic acids is 1. The number of thiophene rings is 1. The first kappa shape index (κ1) is 28.8. The summed E-state index contributed by atoms with van der Waals surface area (Å²) in [4.78, 5) is 37.9. The molecule has 3 aromatic heterocycles. The summed E-state index contributed by atoms with van der Waals surface area (Å²) in [6, 6.07) is 5.75. The van der Waals surface area contributed by atoms with Crippen molar-refractivity contribution in [3.05, 3.63) is 57.7 Å². The molecule has 14 heteroatoms. The molecule has 0 atom stereocenters. The van der Waals surface area contributed by atoms with Crippen molar-refractivity contribution in [2.24, 2.45) is 0 Å². The molecule has 0 radical (unpaired) electrons. The first-order valence-electron chi connectivity index (χ1n) is 10.4. The first-order valence-corrected chi connectivity index (χ1v) is 11.3. The summed E-state index contributed by atoms with van der Waals surface area (Å²) in [7, 11) is 0. The average molecular weight is 547 g/mol. The van der Waals surface area contributed by atoms with Gasteiger partial charge in [0.15, 0.2) is 0 Å². The molecule has 4 rings (SSSR count). The average Bonchev–Trinajstić information content (AvgIpc) is 3.44. The molecule has 0 fully saturated rings. The van der Waals surface area contributed by atoms with Crippen molar-refractivity contribution in [2.75, 3.05) is 6.54 Å². The normalized spacial score (nSPS) is 11.8. The third kappa shape index (κ3) is 7.28. The lowest BCUT2D eigenvalue weighted by atomic mass is 9.90. The maximum absolute atomic E-state index is 12.0. The minimum atomic E-state index is -5.08. The molecular weight excluding hydrogens is 525 g/mol. The van der Waals surface area contributed by atoms with Gasteiger partial charge in [-0.2, -0.15) is 18.3 Å². The lowest BCUT2D eigenvalue weighted by Gasteiger charge is -2.14. The Morgan fingerprint density at radius 3 is 2.50 bits per heavy atom. The smallest absolute Gasteiger partial charge is 0.477 e. The van der Waals surface area contributed by atoms with Crippen LogP contribution >= 0.6 is 23.7 Å². The van der Waals surface area contributed by atoms with Gasteiger partial charge < -0.3 is 15.5 Å². The highest BCUT2D eigenvalue weighted by Gasteiger charge is 2.38. The highest BCUT2D eigenvalue weighted by Crippen LogP contribution is 2.34. The number of halogens is 4. The third-order valence-electron chi connectivity index (χ3n) is 5.08. The SMILES string of the molecule is Cl.O=C(Cc1cccs1)NCCCn1nc2c(c1C(=O)O)CCc1cnccc1-2.O=C(O)C(F)(F)F. The summed E-state index contributed by atoms with van der Waals surface area (Å²) in [5, 5.41) is 26.3. The van der Waals surface area contributed by atoms with E-state index in [0.717, 1.165) is 33.7 Å². The van der Waals surface area contributed by atoms with Crippen LogP contribution in [0.15, 0.2) is 36.0 Å². The van der Waals surface area contributed by atoms with Gasteiger partial charge in [-0.05, 0) is 42.3 Å². The Hall–Kier alpha value is -3.45. The number of carboxylic acid groups (broad SMARTS) is 2. The van der Waals surface area contributed by atoms with Gasteiger partial charge in [-0.3, -0.25) is 14.5 Å². The van der Waals surface area contributed by atoms with Gasteiger partial charge in [0.2, 0.25) is 5.91 Å². The predicted octanol–water partition coefficient (Wildman–Crippen LogP) is 3.61. The predicted molar refractivity (Wildman–Crippen MR) is 126 cm³/mol. The number of fused-ring (bicyclic) bond motifs is 3. The van der Waals surface area contributed by atoms with E-state index in [1.165, 1.54) is 0 Å². The lowest BCUT2D eigenvalue weighted by Crippen LogP contribution is -2.27. The van der Waals surface area contributed by atoms with Crippen molar-refractivity contribution >= 4 is 41.6 Å². The molecule has 0 bridgehead atoms. The molecule has 36 heavy (non-hydrogen) atoms. The molecular formula is C22H22ClF3N4O5S. The van der Waals surface area contributed by atoms with Crippen LogP contribution < -0.4 is 5.32 Å². The van der Waals surface area contributed by atoms with Crippen molar-refractivity contribution in [1.82, 2.24) is 20.1 Å². The van der Waals surface area contributed by atoms with E-state index in [2.05, 4.69) is 15.4 Å². The molecule has 1 aliphatic carbocycles. The number of aryl methyl sites for hydroxylation is 2. The summed E-state index contributed by atoms with van der Waals surface area (Å²) in [5.41, 5.74) is 3.83. The molecule has 9 nitrogen and oxygen atoms in total. The number of carbonyl (C=O) groups is 3. The van der Waals surface area contributed by atoms with Gasteiger partial charge in [-0.15, -0.1) is 23.7 Å². The molecule has 0 aromatic carbocycles. The van der Waals surface area contributed by atoms with Gasteiger partial charge in [0, 0.05) is 41.5 Å². The van der Waals surface area contributed by atoms with Crippen LogP contribution in [-0.4, -0.2) is 55.5 Å². The number of carboxylic acids is 2. The molecule has 0 saturated carbocycles. The zero-order valence-electron chi connectivity index (χ0n) is 18.6. The zero-order chi connectivity index (χ0) is 25.6. The van der Waals surface area contributed by atoms with Crippen molar-refractivity contribution in [3.8, 4) is 11.3 Å². The maximum atomic E-state index is 12.0. The Balaban J connectivity index is 0.000000503. The largest absolute Gasteiger partial charge is 0.490 e. The number of amides is 1. The number of aliphatic carboxylic acids is 1. The molecule has 1 amide bonds. The van der Waals surface area contributed by atoms with Gasteiger partial charge in [0.25, 0.3) is 0 Å². The lowest BCUT2D eigenvalue weighted by molar-refractivity contribution is -0.192. The molecule has 0 saturated heterocycles. The summed E-state index contributed by atoms with van der Waals surface area (Å²) < 4.78 is 33.3. The van der Waals surface area contributed by atoms with Crippen LogP contribution in [0.4, 0.5) is 13.2 Å². The van der Waals surface area contributed by atoms with Crippen molar-refractivity contribution < 1.29 is 37.8 Å². The Bertz CT molecular complexity index is 1210. The van der Waals surface area contributed by atoms with E-state index >= 15 is 0 Å². The van der Waals surface area contributed by atoms with Crippen molar-refractivity contribution in [1.29, 1.82) is 0 Å². The quantitative estimate of drug-likeness (QED) is 0.385. The van der Waals surface area contributed by atoms with Crippen LogP contribution in [-0.2, 0) is 35.4 Å². The van der Waals surface area contributed by atoms with Crippen LogP contribution in [0.3, 0.4) is 0 Å². The summed E-state index contributed by atoms with van der Waals surface area (Å²) >= 11 is 1.56. The molecule has 0 spiro atoms. The fourth-order valence-electron chi connectivity index (χ4n) is 3.56. The number of pyridine rings is 1. The van der Waals surface area contributed by atoms with Crippen LogP contribution in [0.1, 0.15) is 32.9 Å². The van der Waals surface area contributed by atoms with Crippen LogP contribution in [0.2, 0.25) is 0 Å². The number of nitrogens with one attached hydrogen (secondary N) is 1. The number of hydrogen-bond donors (Lipinski definition) is 3. The second kappa shape index (κ2) is 12.5. The van der Waals surface area contributed by atoms with E-state index in [1.807, 2.05) is 29.8 Å². The topological polar surface area (TPSA) is 134 Å². The molecule has 0 unspecified atom stereocenters. The Kier molecular flexibility index (Phi) is 9.99. The van der Waals surface area contributed by atoms with E-state index in [0.29, 0.717) is 32.4 Å². The summed E-state index contributed by atoms with van der Waals surface area (Å²) in [6.07, 6.45) is 0.838. The maximum Gasteiger partial charge on any atom is 0.490 e. The Morgan fingerprint density at radius 2 is 1.89 bits per heavy atom. The van der Waals surface area contributed by atoms with Gasteiger partial charge in [0.1, 0.15) is 5.69 Å². The van der Waals surface area contributed by atoms with E-state index in [4.69, 9.17) is 9.90 Å². The van der Waals surface area contributed by atoms with Gasteiger partial charge in [-0.25, -0.2) is 9.59 Å². The van der Waals surface area contributed by atoms with Crippen LogP contribution in [0.25, 0.3) is 11.3 Å². The molecule has 3 heterocycles. The van der Waals surface area contributed by atoms with E-state index in [9.17, 15) is 27.9 Å². The number of nitrogens with zero attached hydrogens (tertiary/aromatic N) is 3. The Labute approximate surface area is 213 Å². The van der Waals surface area contributed by atoms with Gasteiger partial charge in [0.05, 0.1) is 12.1 Å². The van der Waals surface area contributed by atoms with Crippen LogP contribution in [0.5, 0.6) is 0 Å². The standard InChI is InChI=1S/C20H20N4O3S.C2HF3O2.ClH/c25-17(11-14-3-1-10-28-14)22-7-2-9-24-19(20(26)27)16-5-4-13-12-21-8-6-15(13)18(16)23-24;3-2(4,5)1(6)7;/h1,3,6,8,10,12H,2,4-5,7,9,11H2,(H,22,25)(H,26,27);(H,6,7);1H. The Morgan fingerprint density at radius 1 is 1.17 bits per heavy atom. The minimum Gasteiger partial charge on any atom is -0.477 e. The van der Waals surface area contributed by atoms with E-state index in [-0.39, 0.29) is 24.0 Å². The van der Waals surface area contributed by atoms with E-state index < -0.39 is 18.1 Å². The molecule has 3 N–H and O–H groups in total. The number of aromatic carboxylic acids is 1. The number of hydrogen-bond acceptors (Lipinski definition) is 6. The highest BCUT2D eigenvalue weighted by molar-refractivity contribution is 7.10. The van der Waals surface area contributed by atoms with Crippen molar-refractivity contribution in [3.63, 3.8) is 0 Å². The van der Waals surface area contributed by atoms with Gasteiger partial charge >= 0.3 is 18.1 Å². The fourth-order valence-corrected chi connectivity index (χ4v) is 4.26. The van der Waals surface area contributed by atoms with Gasteiger partial charge in [-0.1, -0.05) is 6.07 Å². The van der Waals surface area contributed by atoms with E-state index in [1.54, 1.807) is 22.2 Å². The third-order valence-corrected chi connectivity index (χ3v) is 5.96. The van der Waals surface area contributed by atoms with Crippen molar-refractivity contribution in [2.45, 2.75) is 38.4 Å².